The molecule has 0 radical (unpaired) electrons. The summed E-state index contributed by atoms with van der Waals surface area (Å²) in [6.45, 7) is 0.908. The lowest BCUT2D eigenvalue weighted by atomic mass is 10.1. The fourth-order valence-corrected chi connectivity index (χ4v) is 3.44. The van der Waals surface area contributed by atoms with Gasteiger partial charge in [-0.3, -0.25) is 0 Å². The van der Waals surface area contributed by atoms with Crippen LogP contribution in [0.2, 0.25) is 0 Å². The minimum Gasteiger partial charge on any atom is -0.496 e. The Labute approximate surface area is 165 Å². The molecule has 7 nitrogen and oxygen atoms in total. The van der Waals surface area contributed by atoms with E-state index in [4.69, 9.17) is 14.0 Å². The summed E-state index contributed by atoms with van der Waals surface area (Å²) in [5.41, 5.74) is 3.11. The molecule has 0 bridgehead atoms. The van der Waals surface area contributed by atoms with Gasteiger partial charge in [0.05, 0.1) is 37.8 Å². The van der Waals surface area contributed by atoms with Crippen molar-refractivity contribution < 1.29 is 18.4 Å². The number of hydrogen-bond acceptors (Lipinski definition) is 6. The summed E-state index contributed by atoms with van der Waals surface area (Å²) in [5, 5.41) is 4.08. The van der Waals surface area contributed by atoms with E-state index in [1.807, 2.05) is 28.8 Å². The number of rotatable bonds is 4. The molecule has 2 aromatic heterocycles. The number of imidazole rings is 1. The molecule has 0 saturated carbocycles. The molecule has 29 heavy (non-hydrogen) atoms. The first kappa shape index (κ1) is 17.6. The van der Waals surface area contributed by atoms with E-state index in [-0.39, 0.29) is 11.9 Å². The smallest absolute Gasteiger partial charge is 0.278 e. The molecule has 2 aromatic carbocycles. The Morgan fingerprint density at radius 3 is 2.79 bits per heavy atom. The summed E-state index contributed by atoms with van der Waals surface area (Å²) >= 11 is 0. The zero-order valence-corrected chi connectivity index (χ0v) is 15.6. The van der Waals surface area contributed by atoms with Crippen LogP contribution in [0.4, 0.5) is 4.39 Å². The Bertz CT molecular complexity index is 1150. The number of halogens is 1. The molecule has 3 heterocycles. The molecule has 8 heteroatoms. The molecule has 1 aliphatic heterocycles. The van der Waals surface area contributed by atoms with Crippen molar-refractivity contribution in [1.82, 2.24) is 19.7 Å². The van der Waals surface area contributed by atoms with Crippen molar-refractivity contribution >= 4 is 0 Å². The third-order valence-electron chi connectivity index (χ3n) is 4.95. The van der Waals surface area contributed by atoms with E-state index in [9.17, 15) is 4.39 Å². The van der Waals surface area contributed by atoms with Gasteiger partial charge in [0.25, 0.3) is 5.89 Å². The maximum atomic E-state index is 13.2. The summed E-state index contributed by atoms with van der Waals surface area (Å²) in [6, 6.07) is 13.8. The lowest BCUT2D eigenvalue weighted by molar-refractivity contribution is 0.00326. The number of fused-ring (bicyclic) bond motifs is 1. The second kappa shape index (κ2) is 7.14. The highest BCUT2D eigenvalue weighted by Gasteiger charge is 2.27. The Hall–Kier alpha value is -3.52. The molecule has 0 spiro atoms. The van der Waals surface area contributed by atoms with E-state index in [1.165, 1.54) is 12.1 Å². The van der Waals surface area contributed by atoms with Gasteiger partial charge in [-0.25, -0.2) is 9.37 Å². The van der Waals surface area contributed by atoms with Crippen LogP contribution in [-0.2, 0) is 17.9 Å². The summed E-state index contributed by atoms with van der Waals surface area (Å²) in [5.74, 6) is 1.15. The fraction of sp³-hybridized carbons (Fsp3) is 0.190. The second-order valence-corrected chi connectivity index (χ2v) is 6.67. The fourth-order valence-electron chi connectivity index (χ4n) is 3.44. The van der Waals surface area contributed by atoms with Gasteiger partial charge < -0.3 is 18.6 Å². The average Bonchev–Trinajstić information content (AvgIpc) is 3.40. The molecule has 5 rings (SSSR count). The van der Waals surface area contributed by atoms with Gasteiger partial charge in [0.2, 0.25) is 5.82 Å². The van der Waals surface area contributed by atoms with E-state index in [0.29, 0.717) is 36.3 Å². The molecule has 146 valence electrons. The van der Waals surface area contributed by atoms with Crippen LogP contribution in [-0.4, -0.2) is 26.8 Å². The Morgan fingerprint density at radius 1 is 1.14 bits per heavy atom. The third-order valence-corrected chi connectivity index (χ3v) is 4.95. The molecule has 0 amide bonds. The normalized spacial score (nSPS) is 15.9. The highest BCUT2D eigenvalue weighted by molar-refractivity contribution is 5.65. The number of methoxy groups -OCH3 is 1. The van der Waals surface area contributed by atoms with Crippen LogP contribution >= 0.6 is 0 Å². The summed E-state index contributed by atoms with van der Waals surface area (Å²) in [4.78, 5) is 8.95. The zero-order valence-electron chi connectivity index (χ0n) is 15.6. The van der Waals surface area contributed by atoms with Crippen molar-refractivity contribution in [3.05, 3.63) is 71.9 Å². The van der Waals surface area contributed by atoms with E-state index in [2.05, 4.69) is 15.1 Å². The Kier molecular flexibility index (Phi) is 4.33. The van der Waals surface area contributed by atoms with Gasteiger partial charge in [-0.1, -0.05) is 29.4 Å². The molecule has 0 unspecified atom stereocenters. The van der Waals surface area contributed by atoms with E-state index < -0.39 is 0 Å². The Morgan fingerprint density at radius 2 is 1.97 bits per heavy atom. The first-order valence-electron chi connectivity index (χ1n) is 9.11. The lowest BCUT2D eigenvalue weighted by Gasteiger charge is -2.25. The van der Waals surface area contributed by atoms with E-state index in [1.54, 1.807) is 25.6 Å². The monoisotopic (exact) mass is 392 g/mol. The van der Waals surface area contributed by atoms with Crippen LogP contribution < -0.4 is 4.74 Å². The van der Waals surface area contributed by atoms with Crippen LogP contribution in [0, 0.1) is 5.82 Å². The van der Waals surface area contributed by atoms with Crippen molar-refractivity contribution in [3.63, 3.8) is 0 Å². The largest absolute Gasteiger partial charge is 0.496 e. The van der Waals surface area contributed by atoms with Gasteiger partial charge in [0.1, 0.15) is 17.7 Å². The number of nitrogens with zero attached hydrogens (tertiary/aromatic N) is 4. The quantitative estimate of drug-likeness (QED) is 0.522. The predicted molar refractivity (Wildman–Crippen MR) is 101 cm³/mol. The van der Waals surface area contributed by atoms with Crippen molar-refractivity contribution in [2.45, 2.75) is 19.3 Å². The molecule has 1 aliphatic rings. The Balaban J connectivity index is 1.42. The van der Waals surface area contributed by atoms with E-state index in [0.717, 1.165) is 16.8 Å². The van der Waals surface area contributed by atoms with Crippen LogP contribution in [0.15, 0.2) is 59.4 Å². The second-order valence-electron chi connectivity index (χ2n) is 6.67. The van der Waals surface area contributed by atoms with Gasteiger partial charge in [-0.05, 0) is 29.8 Å². The van der Waals surface area contributed by atoms with Gasteiger partial charge in [0, 0.05) is 0 Å². The maximum Gasteiger partial charge on any atom is 0.278 e. The van der Waals surface area contributed by atoms with Crippen LogP contribution in [0.3, 0.4) is 0 Å². The topological polar surface area (TPSA) is 75.2 Å². The third kappa shape index (κ3) is 3.17. The van der Waals surface area contributed by atoms with Crippen molar-refractivity contribution in [2.75, 3.05) is 7.11 Å². The van der Waals surface area contributed by atoms with Crippen molar-refractivity contribution in [1.29, 1.82) is 0 Å². The van der Waals surface area contributed by atoms with E-state index >= 15 is 0 Å². The molecule has 0 N–H and O–H groups in total. The molecule has 0 aliphatic carbocycles. The van der Waals surface area contributed by atoms with Gasteiger partial charge in [-0.15, -0.1) is 0 Å². The summed E-state index contributed by atoms with van der Waals surface area (Å²) in [7, 11) is 1.60. The number of hydrogen-bond donors (Lipinski definition) is 0. The van der Waals surface area contributed by atoms with Gasteiger partial charge >= 0.3 is 0 Å². The first-order valence-corrected chi connectivity index (χ1v) is 9.11. The molecule has 0 saturated heterocycles. The SMILES string of the molecule is COc1ccccc1-c1noc(-c2ncn3c2CO[C@H](c2ccc(F)cc2)C3)n1. The number of ether oxygens (including phenoxy) is 2. The summed E-state index contributed by atoms with van der Waals surface area (Å²) in [6.07, 6.45) is 1.56. The predicted octanol–water partition coefficient (Wildman–Crippen LogP) is 4.02. The minimum absolute atomic E-state index is 0.169. The number of benzene rings is 2. The molecule has 4 aromatic rings. The van der Waals surface area contributed by atoms with Crippen LogP contribution in [0.5, 0.6) is 5.75 Å². The zero-order chi connectivity index (χ0) is 19.8. The highest BCUT2D eigenvalue weighted by atomic mass is 19.1. The van der Waals surface area contributed by atoms with Crippen molar-refractivity contribution in [3.8, 4) is 28.7 Å². The highest BCUT2D eigenvalue weighted by Crippen LogP contribution is 2.33. The average molecular weight is 392 g/mol. The van der Waals surface area contributed by atoms with Gasteiger partial charge in [-0.2, -0.15) is 4.98 Å². The maximum absolute atomic E-state index is 13.2. The molecular weight excluding hydrogens is 375 g/mol. The molecule has 0 fully saturated rings. The standard InChI is InChI=1S/C21H17FN4O3/c1-27-17-5-3-2-4-15(17)20-24-21(29-25-20)19-16-11-28-18(10-26(16)12-23-19)13-6-8-14(22)9-7-13/h2-9,12,18H,10-11H2,1H3/t18-/m0/s1. The molecule has 1 atom stereocenters. The number of para-hydroxylation sites is 1. The van der Waals surface area contributed by atoms with Gasteiger partial charge in [0.15, 0.2) is 5.69 Å². The molecular formula is C21H17FN4O3. The first-order chi connectivity index (χ1) is 14.2. The van der Waals surface area contributed by atoms with Crippen molar-refractivity contribution in [2.24, 2.45) is 0 Å². The minimum atomic E-state index is -0.266. The van der Waals surface area contributed by atoms with Crippen LogP contribution in [0.25, 0.3) is 23.0 Å². The lowest BCUT2D eigenvalue weighted by Crippen LogP contribution is -2.20. The number of aromatic nitrogens is 4. The van der Waals surface area contributed by atoms with Crippen LogP contribution in [0.1, 0.15) is 17.4 Å². The summed E-state index contributed by atoms with van der Waals surface area (Å²) < 4.78 is 32.0.